The summed E-state index contributed by atoms with van der Waals surface area (Å²) in [5.74, 6) is -0.151. The number of ether oxygens (including phenoxy) is 2. The van der Waals surface area contributed by atoms with Gasteiger partial charge in [0.2, 0.25) is 0 Å². The number of methoxy groups -OCH3 is 1. The summed E-state index contributed by atoms with van der Waals surface area (Å²) in [5, 5.41) is 0. The molecule has 0 aliphatic rings. The molecule has 0 radical (unpaired) electrons. The van der Waals surface area contributed by atoms with E-state index in [-0.39, 0.29) is 11.4 Å². The van der Waals surface area contributed by atoms with Gasteiger partial charge in [-0.2, -0.15) is 0 Å². The second-order valence-corrected chi connectivity index (χ2v) is 3.86. The van der Waals surface area contributed by atoms with Crippen molar-refractivity contribution in [3.05, 3.63) is 0 Å². The normalized spacial score (nSPS) is 11.4. The minimum absolute atomic E-state index is 0.0255. The summed E-state index contributed by atoms with van der Waals surface area (Å²) >= 11 is 0. The molecule has 0 heterocycles. The smallest absolute Gasteiger partial charge is 0.306 e. The average molecular weight is 188 g/mol. The molecule has 13 heavy (non-hydrogen) atoms. The van der Waals surface area contributed by atoms with Gasteiger partial charge in [0.05, 0.1) is 13.5 Å². The molecule has 0 saturated carbocycles. The molecule has 0 aromatic heterocycles. The van der Waals surface area contributed by atoms with Gasteiger partial charge in [0.15, 0.2) is 0 Å². The van der Waals surface area contributed by atoms with Crippen LogP contribution in [0.15, 0.2) is 0 Å². The van der Waals surface area contributed by atoms with E-state index in [0.717, 1.165) is 13.0 Å². The highest BCUT2D eigenvalue weighted by Gasteiger charge is 2.21. The van der Waals surface area contributed by atoms with Gasteiger partial charge in [0, 0.05) is 13.2 Å². The molecule has 0 amide bonds. The van der Waals surface area contributed by atoms with Crippen LogP contribution in [-0.2, 0) is 14.3 Å². The van der Waals surface area contributed by atoms with Crippen LogP contribution in [0, 0.1) is 5.41 Å². The molecular weight excluding hydrogens is 168 g/mol. The molecular formula is C10H20O3. The van der Waals surface area contributed by atoms with Crippen LogP contribution in [0.4, 0.5) is 0 Å². The first-order valence-corrected chi connectivity index (χ1v) is 4.66. The summed E-state index contributed by atoms with van der Waals surface area (Å²) in [6, 6.07) is 0. The first kappa shape index (κ1) is 12.4. The number of carbonyl (C=O) groups is 1. The van der Waals surface area contributed by atoms with Crippen LogP contribution in [0.25, 0.3) is 0 Å². The Morgan fingerprint density at radius 1 is 1.38 bits per heavy atom. The average Bonchev–Trinajstić information content (AvgIpc) is 2.03. The van der Waals surface area contributed by atoms with Crippen LogP contribution in [0.1, 0.15) is 33.6 Å². The van der Waals surface area contributed by atoms with Crippen molar-refractivity contribution in [3.63, 3.8) is 0 Å². The highest BCUT2D eigenvalue weighted by atomic mass is 16.5. The van der Waals surface area contributed by atoms with E-state index in [1.807, 2.05) is 20.8 Å². The fourth-order valence-electron chi connectivity index (χ4n) is 1.04. The van der Waals surface area contributed by atoms with Crippen LogP contribution < -0.4 is 0 Å². The molecule has 3 heteroatoms. The number of hydrogen-bond donors (Lipinski definition) is 0. The largest absolute Gasteiger partial charge is 0.469 e. The summed E-state index contributed by atoms with van der Waals surface area (Å²) < 4.78 is 9.85. The molecule has 0 unspecified atom stereocenters. The van der Waals surface area contributed by atoms with Crippen molar-refractivity contribution < 1.29 is 14.3 Å². The molecule has 0 bridgehead atoms. The highest BCUT2D eigenvalue weighted by Crippen LogP contribution is 2.25. The Labute approximate surface area is 80.4 Å². The van der Waals surface area contributed by atoms with Crippen LogP contribution in [0.5, 0.6) is 0 Å². The summed E-state index contributed by atoms with van der Waals surface area (Å²) in [4.78, 5) is 11.0. The Hall–Kier alpha value is -0.570. The Balaban J connectivity index is 3.72. The van der Waals surface area contributed by atoms with E-state index >= 15 is 0 Å². The van der Waals surface area contributed by atoms with Gasteiger partial charge < -0.3 is 9.47 Å². The van der Waals surface area contributed by atoms with E-state index in [9.17, 15) is 4.79 Å². The zero-order chi connectivity index (χ0) is 10.3. The maximum absolute atomic E-state index is 11.0. The number of esters is 1. The predicted molar refractivity (Wildman–Crippen MR) is 51.5 cm³/mol. The third kappa shape index (κ3) is 6.58. The van der Waals surface area contributed by atoms with Gasteiger partial charge in [-0.25, -0.2) is 0 Å². The molecule has 0 aliphatic carbocycles. The third-order valence-corrected chi connectivity index (χ3v) is 1.98. The zero-order valence-electron chi connectivity index (χ0n) is 9.05. The molecule has 0 aromatic rings. The maximum atomic E-state index is 11.0. The van der Waals surface area contributed by atoms with Gasteiger partial charge in [-0.15, -0.1) is 0 Å². The van der Waals surface area contributed by atoms with Crippen molar-refractivity contribution in [3.8, 4) is 0 Å². The van der Waals surface area contributed by atoms with Crippen LogP contribution in [0.3, 0.4) is 0 Å². The van der Waals surface area contributed by atoms with Crippen molar-refractivity contribution in [1.29, 1.82) is 0 Å². The van der Waals surface area contributed by atoms with E-state index in [2.05, 4.69) is 4.74 Å². The van der Waals surface area contributed by atoms with Gasteiger partial charge in [-0.3, -0.25) is 4.79 Å². The Kier molecular flexibility index (Phi) is 5.71. The second kappa shape index (κ2) is 5.97. The number of rotatable bonds is 6. The van der Waals surface area contributed by atoms with Gasteiger partial charge in [0.1, 0.15) is 0 Å². The van der Waals surface area contributed by atoms with E-state index < -0.39 is 0 Å². The van der Waals surface area contributed by atoms with E-state index in [1.54, 1.807) is 0 Å². The molecule has 78 valence electrons. The Bertz CT molecular complexity index is 152. The lowest BCUT2D eigenvalue weighted by Gasteiger charge is -2.22. The first-order valence-electron chi connectivity index (χ1n) is 4.66. The minimum atomic E-state index is -0.151. The number of hydrogen-bond acceptors (Lipinski definition) is 3. The molecule has 0 saturated heterocycles. The van der Waals surface area contributed by atoms with E-state index in [4.69, 9.17) is 4.74 Å². The van der Waals surface area contributed by atoms with Crippen molar-refractivity contribution in [2.45, 2.75) is 33.6 Å². The summed E-state index contributed by atoms with van der Waals surface area (Å²) in [6.07, 6.45) is 1.34. The zero-order valence-corrected chi connectivity index (χ0v) is 9.05. The lowest BCUT2D eigenvalue weighted by atomic mass is 9.86. The molecule has 0 rings (SSSR count). The topological polar surface area (TPSA) is 35.5 Å². The van der Waals surface area contributed by atoms with Crippen LogP contribution in [0.2, 0.25) is 0 Å². The fourth-order valence-corrected chi connectivity index (χ4v) is 1.04. The minimum Gasteiger partial charge on any atom is -0.469 e. The maximum Gasteiger partial charge on any atom is 0.306 e. The lowest BCUT2D eigenvalue weighted by molar-refractivity contribution is -0.143. The van der Waals surface area contributed by atoms with Crippen LogP contribution >= 0.6 is 0 Å². The van der Waals surface area contributed by atoms with Crippen molar-refractivity contribution >= 4 is 5.97 Å². The highest BCUT2D eigenvalue weighted by molar-refractivity contribution is 5.69. The first-order chi connectivity index (χ1) is 6.02. The Morgan fingerprint density at radius 3 is 2.46 bits per heavy atom. The number of carbonyl (C=O) groups excluding carboxylic acids is 1. The van der Waals surface area contributed by atoms with E-state index in [1.165, 1.54) is 7.11 Å². The summed E-state index contributed by atoms with van der Waals surface area (Å²) in [6.45, 7) is 7.49. The second-order valence-electron chi connectivity index (χ2n) is 3.86. The SMILES string of the molecule is CCOCCC(C)(C)CC(=O)OC. The Morgan fingerprint density at radius 2 is 2.00 bits per heavy atom. The fraction of sp³-hybridized carbons (Fsp3) is 0.900. The molecule has 0 aliphatic heterocycles. The van der Waals surface area contributed by atoms with Crippen molar-refractivity contribution in [2.75, 3.05) is 20.3 Å². The standard InChI is InChI=1S/C10H20O3/c1-5-13-7-6-10(2,3)8-9(11)12-4/h5-8H2,1-4H3. The quantitative estimate of drug-likeness (QED) is 0.472. The van der Waals surface area contributed by atoms with Gasteiger partial charge >= 0.3 is 5.97 Å². The monoisotopic (exact) mass is 188 g/mol. The summed E-state index contributed by atoms with van der Waals surface area (Å²) in [5.41, 5.74) is -0.0255. The molecule has 0 atom stereocenters. The van der Waals surface area contributed by atoms with Crippen molar-refractivity contribution in [1.82, 2.24) is 0 Å². The van der Waals surface area contributed by atoms with Gasteiger partial charge in [0.25, 0.3) is 0 Å². The van der Waals surface area contributed by atoms with Gasteiger partial charge in [-0.1, -0.05) is 13.8 Å². The predicted octanol–water partition coefficient (Wildman–Crippen LogP) is 2.00. The molecule has 3 nitrogen and oxygen atoms in total. The molecule has 0 aromatic carbocycles. The van der Waals surface area contributed by atoms with Gasteiger partial charge in [-0.05, 0) is 18.8 Å². The molecule has 0 N–H and O–H groups in total. The van der Waals surface area contributed by atoms with E-state index in [0.29, 0.717) is 13.0 Å². The third-order valence-electron chi connectivity index (χ3n) is 1.98. The molecule has 0 spiro atoms. The van der Waals surface area contributed by atoms with Crippen LogP contribution in [-0.4, -0.2) is 26.3 Å². The summed E-state index contributed by atoms with van der Waals surface area (Å²) in [7, 11) is 1.42. The van der Waals surface area contributed by atoms with Crippen molar-refractivity contribution in [2.24, 2.45) is 5.41 Å². The lowest BCUT2D eigenvalue weighted by Crippen LogP contribution is -2.20. The molecule has 0 fully saturated rings.